The zero-order valence-electron chi connectivity index (χ0n) is 14.4. The summed E-state index contributed by atoms with van der Waals surface area (Å²) in [6.07, 6.45) is 5.41. The lowest BCUT2D eigenvalue weighted by atomic mass is 9.84. The number of nitrogens with zero attached hydrogens (tertiary/aromatic N) is 3. The standard InChI is InChI=1S/C19H20FN3O3/c20-15-3-1-14(2-4-15)11-23-17(24)5-6-19(23)7-9-22(10-8-19)18(25)16-12-26-13-21-16/h1-4,12-13H,5-11H2. The summed E-state index contributed by atoms with van der Waals surface area (Å²) in [6, 6.07) is 6.28. The van der Waals surface area contributed by atoms with Crippen molar-refractivity contribution >= 4 is 11.8 Å². The van der Waals surface area contributed by atoms with Gasteiger partial charge in [0, 0.05) is 31.6 Å². The number of aromatic nitrogens is 1. The van der Waals surface area contributed by atoms with Gasteiger partial charge in [0.05, 0.1) is 0 Å². The van der Waals surface area contributed by atoms with Crippen molar-refractivity contribution in [1.82, 2.24) is 14.8 Å². The highest BCUT2D eigenvalue weighted by molar-refractivity contribution is 5.92. The molecule has 0 unspecified atom stereocenters. The third kappa shape index (κ3) is 2.98. The van der Waals surface area contributed by atoms with E-state index in [0.717, 1.165) is 24.8 Å². The average Bonchev–Trinajstić information content (AvgIpc) is 3.29. The zero-order valence-corrected chi connectivity index (χ0v) is 14.4. The molecule has 2 amide bonds. The van der Waals surface area contributed by atoms with Crippen molar-refractivity contribution in [3.63, 3.8) is 0 Å². The molecule has 1 aromatic carbocycles. The molecular formula is C19H20FN3O3. The van der Waals surface area contributed by atoms with E-state index >= 15 is 0 Å². The second-order valence-corrected chi connectivity index (χ2v) is 7.00. The Balaban J connectivity index is 1.46. The van der Waals surface area contributed by atoms with E-state index in [1.54, 1.807) is 17.0 Å². The number of rotatable bonds is 3. The third-order valence-corrected chi connectivity index (χ3v) is 5.56. The van der Waals surface area contributed by atoms with Crippen molar-refractivity contribution in [2.24, 2.45) is 0 Å². The van der Waals surface area contributed by atoms with Gasteiger partial charge in [0.1, 0.15) is 12.1 Å². The number of carbonyl (C=O) groups is 2. The normalized spacial score (nSPS) is 19.3. The predicted octanol–water partition coefficient (Wildman–Crippen LogP) is 2.61. The number of halogens is 1. The molecular weight excluding hydrogens is 337 g/mol. The topological polar surface area (TPSA) is 66.7 Å². The van der Waals surface area contributed by atoms with Gasteiger partial charge in [0.15, 0.2) is 12.1 Å². The number of amides is 2. The predicted molar refractivity (Wildman–Crippen MR) is 90.6 cm³/mol. The summed E-state index contributed by atoms with van der Waals surface area (Å²) < 4.78 is 18.0. The molecule has 0 atom stereocenters. The molecule has 136 valence electrons. The minimum Gasteiger partial charge on any atom is -0.451 e. The van der Waals surface area contributed by atoms with Crippen LogP contribution in [-0.4, -0.2) is 45.2 Å². The van der Waals surface area contributed by atoms with E-state index in [9.17, 15) is 14.0 Å². The van der Waals surface area contributed by atoms with Crippen LogP contribution in [0.25, 0.3) is 0 Å². The second-order valence-electron chi connectivity index (χ2n) is 7.00. The highest BCUT2D eigenvalue weighted by Crippen LogP contribution is 2.40. The van der Waals surface area contributed by atoms with Crippen molar-refractivity contribution < 1.29 is 18.4 Å². The Hall–Kier alpha value is -2.70. The molecule has 0 aliphatic carbocycles. The summed E-state index contributed by atoms with van der Waals surface area (Å²) in [5.74, 6) is -0.288. The first-order valence-electron chi connectivity index (χ1n) is 8.80. The lowest BCUT2D eigenvalue weighted by Crippen LogP contribution is -2.53. The summed E-state index contributed by atoms with van der Waals surface area (Å²) in [4.78, 5) is 32.5. The molecule has 6 nitrogen and oxygen atoms in total. The molecule has 2 aromatic rings. The lowest BCUT2D eigenvalue weighted by molar-refractivity contribution is -0.133. The first kappa shape index (κ1) is 16.8. The van der Waals surface area contributed by atoms with Gasteiger partial charge in [-0.1, -0.05) is 12.1 Å². The Labute approximate surface area is 150 Å². The van der Waals surface area contributed by atoms with Crippen LogP contribution in [0.5, 0.6) is 0 Å². The Morgan fingerprint density at radius 1 is 1.19 bits per heavy atom. The van der Waals surface area contributed by atoms with Crippen molar-refractivity contribution in [1.29, 1.82) is 0 Å². The highest BCUT2D eigenvalue weighted by atomic mass is 19.1. The zero-order chi connectivity index (χ0) is 18.1. The average molecular weight is 357 g/mol. The minimum absolute atomic E-state index is 0.130. The van der Waals surface area contributed by atoms with E-state index in [-0.39, 0.29) is 23.2 Å². The van der Waals surface area contributed by atoms with E-state index in [1.165, 1.54) is 24.8 Å². The summed E-state index contributed by atoms with van der Waals surface area (Å²) in [7, 11) is 0. The summed E-state index contributed by atoms with van der Waals surface area (Å²) >= 11 is 0. The maximum Gasteiger partial charge on any atom is 0.275 e. The maximum absolute atomic E-state index is 13.1. The van der Waals surface area contributed by atoms with Gasteiger partial charge in [-0.05, 0) is 37.0 Å². The molecule has 0 saturated carbocycles. The smallest absolute Gasteiger partial charge is 0.275 e. The SMILES string of the molecule is O=C(c1cocn1)N1CCC2(CCC(=O)N2Cc2ccc(F)cc2)CC1. The van der Waals surface area contributed by atoms with Crippen molar-refractivity contribution in [3.05, 3.63) is 54.0 Å². The molecule has 2 saturated heterocycles. The van der Waals surface area contributed by atoms with Crippen LogP contribution in [0.15, 0.2) is 41.3 Å². The molecule has 0 radical (unpaired) electrons. The molecule has 1 aromatic heterocycles. The Bertz CT molecular complexity index is 796. The number of likely N-dealkylation sites (tertiary alicyclic amines) is 2. The van der Waals surface area contributed by atoms with Gasteiger partial charge in [0.25, 0.3) is 5.91 Å². The first-order valence-corrected chi connectivity index (χ1v) is 8.80. The fourth-order valence-electron chi connectivity index (χ4n) is 4.03. The molecule has 0 bridgehead atoms. The van der Waals surface area contributed by atoms with Crippen molar-refractivity contribution in [2.45, 2.75) is 37.8 Å². The first-order chi connectivity index (χ1) is 12.6. The Morgan fingerprint density at radius 2 is 1.92 bits per heavy atom. The Morgan fingerprint density at radius 3 is 2.58 bits per heavy atom. The van der Waals surface area contributed by atoms with Crippen LogP contribution in [0.2, 0.25) is 0 Å². The van der Waals surface area contributed by atoms with Crippen LogP contribution in [0, 0.1) is 5.82 Å². The van der Waals surface area contributed by atoms with Gasteiger partial charge in [-0.15, -0.1) is 0 Å². The number of hydrogen-bond donors (Lipinski definition) is 0. The molecule has 0 N–H and O–H groups in total. The fourth-order valence-corrected chi connectivity index (χ4v) is 4.03. The van der Waals surface area contributed by atoms with E-state index in [0.29, 0.717) is 31.7 Å². The molecule has 4 rings (SSSR count). The molecule has 2 aliphatic heterocycles. The fraction of sp³-hybridized carbons (Fsp3) is 0.421. The molecule has 1 spiro atoms. The quantitative estimate of drug-likeness (QED) is 0.847. The lowest BCUT2D eigenvalue weighted by Gasteiger charge is -2.45. The molecule has 2 aliphatic rings. The van der Waals surface area contributed by atoms with Crippen molar-refractivity contribution in [2.75, 3.05) is 13.1 Å². The minimum atomic E-state index is -0.282. The summed E-state index contributed by atoms with van der Waals surface area (Å²) in [5.41, 5.74) is 1.01. The van der Waals surface area contributed by atoms with Crippen LogP contribution in [0.1, 0.15) is 41.7 Å². The van der Waals surface area contributed by atoms with E-state index in [2.05, 4.69) is 4.98 Å². The number of hydrogen-bond acceptors (Lipinski definition) is 4. The number of carbonyl (C=O) groups excluding carboxylic acids is 2. The monoisotopic (exact) mass is 357 g/mol. The van der Waals surface area contributed by atoms with E-state index in [1.807, 2.05) is 4.90 Å². The van der Waals surface area contributed by atoms with Crippen LogP contribution in [0.3, 0.4) is 0 Å². The Kier molecular flexibility index (Phi) is 4.22. The van der Waals surface area contributed by atoms with Gasteiger partial charge in [0.2, 0.25) is 5.91 Å². The van der Waals surface area contributed by atoms with Crippen LogP contribution in [0.4, 0.5) is 4.39 Å². The number of benzene rings is 1. The number of piperidine rings is 1. The van der Waals surface area contributed by atoms with Gasteiger partial charge in [-0.2, -0.15) is 0 Å². The van der Waals surface area contributed by atoms with Crippen LogP contribution < -0.4 is 0 Å². The third-order valence-electron chi connectivity index (χ3n) is 5.56. The summed E-state index contributed by atoms with van der Waals surface area (Å²) in [6.45, 7) is 1.65. The van der Waals surface area contributed by atoms with Crippen LogP contribution >= 0.6 is 0 Å². The summed E-state index contributed by atoms with van der Waals surface area (Å²) in [5, 5.41) is 0. The highest BCUT2D eigenvalue weighted by Gasteiger charge is 2.47. The van der Waals surface area contributed by atoms with Gasteiger partial charge >= 0.3 is 0 Å². The van der Waals surface area contributed by atoms with Gasteiger partial charge in [-0.25, -0.2) is 9.37 Å². The maximum atomic E-state index is 13.1. The van der Waals surface area contributed by atoms with Crippen molar-refractivity contribution in [3.8, 4) is 0 Å². The van der Waals surface area contributed by atoms with Gasteiger partial charge in [-0.3, -0.25) is 9.59 Å². The largest absolute Gasteiger partial charge is 0.451 e. The van der Waals surface area contributed by atoms with Crippen LogP contribution in [-0.2, 0) is 11.3 Å². The van der Waals surface area contributed by atoms with E-state index < -0.39 is 0 Å². The van der Waals surface area contributed by atoms with Gasteiger partial charge < -0.3 is 14.2 Å². The second kappa shape index (κ2) is 6.55. The number of oxazole rings is 1. The molecule has 26 heavy (non-hydrogen) atoms. The molecule has 3 heterocycles. The van der Waals surface area contributed by atoms with E-state index in [4.69, 9.17) is 4.42 Å². The molecule has 7 heteroatoms. The molecule has 2 fully saturated rings.